The monoisotopic (exact) mass is 247 g/mol. The molecular formula is C16H25NO. The van der Waals surface area contributed by atoms with E-state index in [1.54, 1.807) is 7.11 Å². The average molecular weight is 247 g/mol. The summed E-state index contributed by atoms with van der Waals surface area (Å²) < 4.78 is 5.19. The first-order chi connectivity index (χ1) is 8.49. The molecule has 1 aromatic rings. The van der Waals surface area contributed by atoms with Crippen molar-refractivity contribution in [2.24, 2.45) is 11.3 Å². The summed E-state index contributed by atoms with van der Waals surface area (Å²) in [6.45, 7) is 10.6. The Labute approximate surface area is 111 Å². The van der Waals surface area contributed by atoms with E-state index in [0.29, 0.717) is 5.41 Å². The maximum absolute atomic E-state index is 5.19. The summed E-state index contributed by atoms with van der Waals surface area (Å²) in [7, 11) is 1.71. The summed E-state index contributed by atoms with van der Waals surface area (Å²) >= 11 is 0. The van der Waals surface area contributed by atoms with Crippen molar-refractivity contribution in [2.45, 2.75) is 33.7 Å². The summed E-state index contributed by atoms with van der Waals surface area (Å²) in [5, 5.41) is 0. The van der Waals surface area contributed by atoms with E-state index < -0.39 is 0 Å². The van der Waals surface area contributed by atoms with Crippen LogP contribution in [-0.4, -0.2) is 25.1 Å². The quantitative estimate of drug-likeness (QED) is 0.809. The number of methoxy groups -OCH3 is 1. The van der Waals surface area contributed by atoms with Crippen LogP contribution in [0.5, 0.6) is 5.75 Å². The Morgan fingerprint density at radius 2 is 1.89 bits per heavy atom. The van der Waals surface area contributed by atoms with Crippen LogP contribution in [0.1, 0.15) is 32.8 Å². The van der Waals surface area contributed by atoms with Crippen LogP contribution in [0.4, 0.5) is 0 Å². The molecule has 2 nitrogen and oxygen atoms in total. The molecule has 1 fully saturated rings. The van der Waals surface area contributed by atoms with Crippen LogP contribution in [0, 0.1) is 11.3 Å². The number of rotatable bonds is 3. The Balaban J connectivity index is 1.91. The molecular weight excluding hydrogens is 222 g/mol. The molecule has 0 saturated carbocycles. The minimum absolute atomic E-state index is 0.439. The van der Waals surface area contributed by atoms with Gasteiger partial charge in [0.1, 0.15) is 5.75 Å². The number of ether oxygens (including phenoxy) is 1. The largest absolute Gasteiger partial charge is 0.497 e. The van der Waals surface area contributed by atoms with Crippen LogP contribution >= 0.6 is 0 Å². The maximum Gasteiger partial charge on any atom is 0.118 e. The van der Waals surface area contributed by atoms with Gasteiger partial charge < -0.3 is 4.74 Å². The summed E-state index contributed by atoms with van der Waals surface area (Å²) in [6.07, 6.45) is 1.33. The summed E-state index contributed by atoms with van der Waals surface area (Å²) in [6, 6.07) is 8.44. The topological polar surface area (TPSA) is 12.5 Å². The van der Waals surface area contributed by atoms with E-state index in [1.807, 2.05) is 12.1 Å². The fourth-order valence-corrected chi connectivity index (χ4v) is 2.67. The molecule has 1 aliphatic heterocycles. The highest BCUT2D eigenvalue weighted by Crippen LogP contribution is 2.34. The molecule has 1 heterocycles. The number of hydrogen-bond acceptors (Lipinski definition) is 2. The number of benzene rings is 1. The lowest BCUT2D eigenvalue weighted by Crippen LogP contribution is -2.25. The highest BCUT2D eigenvalue weighted by Gasteiger charge is 2.31. The van der Waals surface area contributed by atoms with E-state index in [2.05, 4.69) is 37.8 Å². The standard InChI is InChI=1S/C16H25NO/c1-16(2,3)14-9-10-17(12-14)11-13-5-7-15(18-4)8-6-13/h5-8,14H,9-12H2,1-4H3. The van der Waals surface area contributed by atoms with Crippen molar-refractivity contribution in [1.29, 1.82) is 0 Å². The van der Waals surface area contributed by atoms with Crippen LogP contribution in [0.25, 0.3) is 0 Å². The highest BCUT2D eigenvalue weighted by atomic mass is 16.5. The maximum atomic E-state index is 5.19. The van der Waals surface area contributed by atoms with Gasteiger partial charge in [-0.3, -0.25) is 4.90 Å². The van der Waals surface area contributed by atoms with Crippen LogP contribution in [-0.2, 0) is 6.54 Å². The predicted molar refractivity (Wildman–Crippen MR) is 75.8 cm³/mol. The highest BCUT2D eigenvalue weighted by molar-refractivity contribution is 5.27. The van der Waals surface area contributed by atoms with Gasteiger partial charge in [0.2, 0.25) is 0 Å². The van der Waals surface area contributed by atoms with Crippen molar-refractivity contribution in [3.63, 3.8) is 0 Å². The molecule has 0 N–H and O–H groups in total. The second kappa shape index (κ2) is 5.31. The summed E-state index contributed by atoms with van der Waals surface area (Å²) in [5.41, 5.74) is 1.82. The molecule has 2 rings (SSSR count). The van der Waals surface area contributed by atoms with Crippen molar-refractivity contribution >= 4 is 0 Å². The lowest BCUT2D eigenvalue weighted by molar-refractivity contribution is 0.226. The number of likely N-dealkylation sites (tertiary alicyclic amines) is 1. The van der Waals surface area contributed by atoms with Crippen LogP contribution in [0.2, 0.25) is 0 Å². The van der Waals surface area contributed by atoms with Gasteiger partial charge in [-0.2, -0.15) is 0 Å². The van der Waals surface area contributed by atoms with Gasteiger partial charge in [-0.05, 0) is 42.0 Å². The molecule has 0 aliphatic carbocycles. The first kappa shape index (κ1) is 13.4. The first-order valence-corrected chi connectivity index (χ1v) is 6.84. The van der Waals surface area contributed by atoms with Gasteiger partial charge in [0.15, 0.2) is 0 Å². The fraction of sp³-hybridized carbons (Fsp3) is 0.625. The molecule has 100 valence electrons. The Morgan fingerprint density at radius 3 is 2.39 bits per heavy atom. The third-order valence-electron chi connectivity index (χ3n) is 4.06. The lowest BCUT2D eigenvalue weighted by atomic mass is 9.80. The Hall–Kier alpha value is -1.02. The molecule has 1 aliphatic rings. The zero-order valence-corrected chi connectivity index (χ0v) is 12.1. The smallest absolute Gasteiger partial charge is 0.118 e. The lowest BCUT2D eigenvalue weighted by Gasteiger charge is -2.27. The summed E-state index contributed by atoms with van der Waals surface area (Å²) in [5.74, 6) is 1.77. The Morgan fingerprint density at radius 1 is 1.22 bits per heavy atom. The fourth-order valence-electron chi connectivity index (χ4n) is 2.67. The van der Waals surface area contributed by atoms with Gasteiger partial charge in [-0.25, -0.2) is 0 Å². The molecule has 1 saturated heterocycles. The molecule has 0 radical (unpaired) electrons. The zero-order valence-electron chi connectivity index (χ0n) is 12.1. The predicted octanol–water partition coefficient (Wildman–Crippen LogP) is 3.56. The first-order valence-electron chi connectivity index (χ1n) is 6.84. The number of nitrogens with zero attached hydrogens (tertiary/aromatic N) is 1. The molecule has 1 aromatic carbocycles. The van der Waals surface area contributed by atoms with E-state index in [4.69, 9.17) is 4.74 Å². The van der Waals surface area contributed by atoms with E-state index in [-0.39, 0.29) is 0 Å². The molecule has 0 amide bonds. The van der Waals surface area contributed by atoms with E-state index in [0.717, 1.165) is 18.2 Å². The van der Waals surface area contributed by atoms with Crippen LogP contribution < -0.4 is 4.74 Å². The molecule has 0 bridgehead atoms. The molecule has 1 unspecified atom stereocenters. The van der Waals surface area contributed by atoms with Gasteiger partial charge in [0.05, 0.1) is 7.11 Å². The van der Waals surface area contributed by atoms with Gasteiger partial charge in [0, 0.05) is 13.1 Å². The second-order valence-corrected chi connectivity index (χ2v) is 6.43. The van der Waals surface area contributed by atoms with Crippen LogP contribution in [0.15, 0.2) is 24.3 Å². The molecule has 2 heteroatoms. The molecule has 0 aromatic heterocycles. The van der Waals surface area contributed by atoms with Gasteiger partial charge in [-0.15, -0.1) is 0 Å². The molecule has 1 atom stereocenters. The van der Waals surface area contributed by atoms with Gasteiger partial charge >= 0.3 is 0 Å². The van der Waals surface area contributed by atoms with E-state index in [9.17, 15) is 0 Å². The van der Waals surface area contributed by atoms with Crippen molar-refractivity contribution < 1.29 is 4.74 Å². The SMILES string of the molecule is COc1ccc(CN2CCC(C(C)(C)C)C2)cc1. The molecule has 18 heavy (non-hydrogen) atoms. The van der Waals surface area contributed by atoms with Crippen molar-refractivity contribution in [1.82, 2.24) is 4.90 Å². The third-order valence-corrected chi connectivity index (χ3v) is 4.06. The summed E-state index contributed by atoms with van der Waals surface area (Å²) in [4.78, 5) is 2.57. The van der Waals surface area contributed by atoms with Crippen molar-refractivity contribution in [2.75, 3.05) is 20.2 Å². The Kier molecular flexibility index (Phi) is 3.96. The number of hydrogen-bond donors (Lipinski definition) is 0. The minimum Gasteiger partial charge on any atom is -0.497 e. The van der Waals surface area contributed by atoms with Crippen molar-refractivity contribution in [3.8, 4) is 5.75 Å². The van der Waals surface area contributed by atoms with Crippen LogP contribution in [0.3, 0.4) is 0 Å². The van der Waals surface area contributed by atoms with Crippen molar-refractivity contribution in [3.05, 3.63) is 29.8 Å². The molecule has 0 spiro atoms. The second-order valence-electron chi connectivity index (χ2n) is 6.43. The van der Waals surface area contributed by atoms with Gasteiger partial charge in [0.25, 0.3) is 0 Å². The third kappa shape index (κ3) is 3.26. The van der Waals surface area contributed by atoms with E-state index >= 15 is 0 Å². The average Bonchev–Trinajstić information content (AvgIpc) is 2.78. The minimum atomic E-state index is 0.439. The normalized spacial score (nSPS) is 21.2. The van der Waals surface area contributed by atoms with Gasteiger partial charge in [-0.1, -0.05) is 32.9 Å². The zero-order chi connectivity index (χ0) is 13.2. The van der Waals surface area contributed by atoms with E-state index in [1.165, 1.54) is 25.1 Å². The Bertz CT molecular complexity index is 377.